The predicted molar refractivity (Wildman–Crippen MR) is 66.1 cm³/mol. The Morgan fingerprint density at radius 3 is 2.35 bits per heavy atom. The van der Waals surface area contributed by atoms with Gasteiger partial charge in [-0.15, -0.1) is 0 Å². The average Bonchev–Trinajstić information content (AvgIpc) is 2.29. The second-order valence-corrected chi connectivity index (χ2v) is 4.29. The molecule has 0 fully saturated rings. The standard InChI is InChI=1S/C13H19NO3/c1-9(2)12(13(15)16)14-8-10-4-6-11(17-3)7-5-10/h4-7,9,12,14H,8H2,1-3H3,(H,15,16). The first kappa shape index (κ1) is 13.5. The Kier molecular flexibility index (Phi) is 4.97. The third-order valence-corrected chi connectivity index (χ3v) is 2.62. The summed E-state index contributed by atoms with van der Waals surface area (Å²) in [6.45, 7) is 4.32. The molecule has 1 rings (SSSR count). The van der Waals surface area contributed by atoms with E-state index in [1.54, 1.807) is 7.11 Å². The molecule has 0 spiro atoms. The van der Waals surface area contributed by atoms with Crippen LogP contribution in [0.1, 0.15) is 19.4 Å². The minimum absolute atomic E-state index is 0.0609. The Labute approximate surface area is 102 Å². The molecule has 0 radical (unpaired) electrons. The van der Waals surface area contributed by atoms with E-state index in [1.165, 1.54) is 0 Å². The summed E-state index contributed by atoms with van der Waals surface area (Å²) in [4.78, 5) is 11.0. The lowest BCUT2D eigenvalue weighted by Crippen LogP contribution is -2.40. The third-order valence-electron chi connectivity index (χ3n) is 2.62. The summed E-state index contributed by atoms with van der Waals surface area (Å²) in [7, 11) is 1.62. The molecule has 0 aromatic heterocycles. The molecular formula is C13H19NO3. The van der Waals surface area contributed by atoms with E-state index in [-0.39, 0.29) is 5.92 Å². The average molecular weight is 237 g/mol. The molecule has 94 valence electrons. The van der Waals surface area contributed by atoms with E-state index >= 15 is 0 Å². The zero-order valence-corrected chi connectivity index (χ0v) is 10.4. The molecular weight excluding hydrogens is 218 g/mol. The summed E-state index contributed by atoms with van der Waals surface area (Å²) >= 11 is 0. The van der Waals surface area contributed by atoms with E-state index in [2.05, 4.69) is 5.32 Å². The number of carboxylic acids is 1. The highest BCUT2D eigenvalue weighted by molar-refractivity contribution is 5.73. The molecule has 2 N–H and O–H groups in total. The molecule has 0 saturated heterocycles. The maximum absolute atomic E-state index is 11.0. The quantitative estimate of drug-likeness (QED) is 0.793. The number of carboxylic acid groups (broad SMARTS) is 1. The largest absolute Gasteiger partial charge is 0.497 e. The summed E-state index contributed by atoms with van der Waals surface area (Å²) in [5.41, 5.74) is 1.04. The molecule has 0 bridgehead atoms. The van der Waals surface area contributed by atoms with Gasteiger partial charge in [-0.1, -0.05) is 26.0 Å². The SMILES string of the molecule is COc1ccc(CNC(C(=O)O)C(C)C)cc1. The van der Waals surface area contributed by atoms with Crippen molar-refractivity contribution in [2.45, 2.75) is 26.4 Å². The van der Waals surface area contributed by atoms with Crippen molar-refractivity contribution >= 4 is 5.97 Å². The van der Waals surface area contributed by atoms with E-state index in [0.717, 1.165) is 11.3 Å². The number of aliphatic carboxylic acids is 1. The van der Waals surface area contributed by atoms with Crippen molar-refractivity contribution in [2.24, 2.45) is 5.92 Å². The fourth-order valence-corrected chi connectivity index (χ4v) is 1.58. The predicted octanol–water partition coefficient (Wildman–Crippen LogP) is 1.89. The van der Waals surface area contributed by atoms with E-state index in [1.807, 2.05) is 38.1 Å². The fraction of sp³-hybridized carbons (Fsp3) is 0.462. The van der Waals surface area contributed by atoms with Crippen LogP contribution < -0.4 is 10.1 Å². The lowest BCUT2D eigenvalue weighted by atomic mass is 10.0. The number of hydrogen-bond donors (Lipinski definition) is 2. The molecule has 1 aromatic carbocycles. The van der Waals surface area contributed by atoms with Gasteiger partial charge in [0, 0.05) is 6.54 Å². The molecule has 17 heavy (non-hydrogen) atoms. The lowest BCUT2D eigenvalue weighted by Gasteiger charge is -2.17. The number of methoxy groups -OCH3 is 1. The molecule has 0 aliphatic rings. The number of nitrogens with one attached hydrogen (secondary N) is 1. The maximum atomic E-state index is 11.0. The van der Waals surface area contributed by atoms with Gasteiger partial charge in [0.05, 0.1) is 7.11 Å². The number of hydrogen-bond acceptors (Lipinski definition) is 3. The zero-order chi connectivity index (χ0) is 12.8. The molecule has 0 saturated carbocycles. The first-order valence-electron chi connectivity index (χ1n) is 5.63. The van der Waals surface area contributed by atoms with Crippen LogP contribution in [-0.4, -0.2) is 24.2 Å². The monoisotopic (exact) mass is 237 g/mol. The van der Waals surface area contributed by atoms with Gasteiger partial charge in [0.25, 0.3) is 0 Å². The molecule has 0 aliphatic heterocycles. The van der Waals surface area contributed by atoms with Crippen LogP contribution in [0.5, 0.6) is 5.75 Å². The van der Waals surface area contributed by atoms with Gasteiger partial charge in [-0.3, -0.25) is 4.79 Å². The maximum Gasteiger partial charge on any atom is 0.320 e. The van der Waals surface area contributed by atoms with Crippen molar-refractivity contribution in [1.29, 1.82) is 0 Å². The van der Waals surface area contributed by atoms with Crippen LogP contribution in [0.2, 0.25) is 0 Å². The summed E-state index contributed by atoms with van der Waals surface area (Å²) in [5, 5.41) is 12.1. The van der Waals surface area contributed by atoms with Crippen LogP contribution >= 0.6 is 0 Å². The Morgan fingerprint density at radius 2 is 1.94 bits per heavy atom. The molecule has 0 amide bonds. The summed E-state index contributed by atoms with van der Waals surface area (Å²) in [6.07, 6.45) is 0. The highest BCUT2D eigenvalue weighted by Gasteiger charge is 2.20. The van der Waals surface area contributed by atoms with Gasteiger partial charge in [0.1, 0.15) is 11.8 Å². The van der Waals surface area contributed by atoms with E-state index in [0.29, 0.717) is 6.54 Å². The van der Waals surface area contributed by atoms with Gasteiger partial charge in [-0.2, -0.15) is 0 Å². The Hall–Kier alpha value is -1.55. The summed E-state index contributed by atoms with van der Waals surface area (Å²) in [6, 6.07) is 7.05. The second kappa shape index (κ2) is 6.25. The minimum Gasteiger partial charge on any atom is -0.497 e. The number of ether oxygens (including phenoxy) is 1. The smallest absolute Gasteiger partial charge is 0.320 e. The van der Waals surface area contributed by atoms with Crippen LogP contribution in [0.4, 0.5) is 0 Å². The molecule has 1 unspecified atom stereocenters. The summed E-state index contributed by atoms with van der Waals surface area (Å²) in [5.74, 6) is 0.0478. The Balaban J connectivity index is 2.56. The van der Waals surface area contributed by atoms with E-state index in [9.17, 15) is 4.79 Å². The third kappa shape index (κ3) is 4.07. The van der Waals surface area contributed by atoms with Crippen molar-refractivity contribution in [3.8, 4) is 5.75 Å². The molecule has 4 heteroatoms. The zero-order valence-electron chi connectivity index (χ0n) is 10.4. The number of rotatable bonds is 6. The van der Waals surface area contributed by atoms with Gasteiger partial charge >= 0.3 is 5.97 Å². The number of benzene rings is 1. The molecule has 4 nitrogen and oxygen atoms in total. The first-order valence-corrected chi connectivity index (χ1v) is 5.63. The van der Waals surface area contributed by atoms with Crippen molar-refractivity contribution < 1.29 is 14.6 Å². The van der Waals surface area contributed by atoms with Crippen LogP contribution in [-0.2, 0) is 11.3 Å². The number of carbonyl (C=O) groups is 1. The Bertz CT molecular complexity index is 359. The molecule has 1 atom stereocenters. The molecule has 0 heterocycles. The first-order chi connectivity index (χ1) is 8.04. The van der Waals surface area contributed by atoms with Crippen molar-refractivity contribution in [2.75, 3.05) is 7.11 Å². The van der Waals surface area contributed by atoms with E-state index in [4.69, 9.17) is 9.84 Å². The molecule has 0 aliphatic carbocycles. The van der Waals surface area contributed by atoms with Crippen molar-refractivity contribution in [3.05, 3.63) is 29.8 Å². The van der Waals surface area contributed by atoms with E-state index < -0.39 is 12.0 Å². The van der Waals surface area contributed by atoms with Crippen LogP contribution in [0.15, 0.2) is 24.3 Å². The minimum atomic E-state index is -0.812. The lowest BCUT2D eigenvalue weighted by molar-refractivity contribution is -0.140. The topological polar surface area (TPSA) is 58.6 Å². The van der Waals surface area contributed by atoms with Gasteiger partial charge in [-0.05, 0) is 23.6 Å². The Morgan fingerprint density at radius 1 is 1.35 bits per heavy atom. The van der Waals surface area contributed by atoms with Gasteiger partial charge in [0.2, 0.25) is 0 Å². The second-order valence-electron chi connectivity index (χ2n) is 4.29. The highest BCUT2D eigenvalue weighted by Crippen LogP contribution is 2.11. The summed E-state index contributed by atoms with van der Waals surface area (Å²) < 4.78 is 5.06. The van der Waals surface area contributed by atoms with Gasteiger partial charge < -0.3 is 15.2 Å². The van der Waals surface area contributed by atoms with Crippen LogP contribution in [0, 0.1) is 5.92 Å². The highest BCUT2D eigenvalue weighted by atomic mass is 16.5. The van der Waals surface area contributed by atoms with Crippen LogP contribution in [0.3, 0.4) is 0 Å². The van der Waals surface area contributed by atoms with Crippen molar-refractivity contribution in [1.82, 2.24) is 5.32 Å². The molecule has 1 aromatic rings. The normalized spacial score (nSPS) is 12.5. The van der Waals surface area contributed by atoms with Crippen LogP contribution in [0.25, 0.3) is 0 Å². The fourth-order valence-electron chi connectivity index (χ4n) is 1.58. The van der Waals surface area contributed by atoms with Gasteiger partial charge in [-0.25, -0.2) is 0 Å². The van der Waals surface area contributed by atoms with Gasteiger partial charge in [0.15, 0.2) is 0 Å². The van der Waals surface area contributed by atoms with Crippen molar-refractivity contribution in [3.63, 3.8) is 0 Å².